The van der Waals surface area contributed by atoms with Gasteiger partial charge in [0.15, 0.2) is 0 Å². The lowest BCUT2D eigenvalue weighted by molar-refractivity contribution is -0.274. The summed E-state index contributed by atoms with van der Waals surface area (Å²) in [7, 11) is 0. The van der Waals surface area contributed by atoms with E-state index in [1.807, 2.05) is 6.92 Å². The monoisotopic (exact) mass is 297 g/mol. The molecule has 7 heteroatoms. The molecule has 0 unspecified atom stereocenters. The van der Waals surface area contributed by atoms with Gasteiger partial charge in [0.25, 0.3) is 0 Å². The van der Waals surface area contributed by atoms with Gasteiger partial charge in [-0.15, -0.1) is 13.2 Å². The first kappa shape index (κ1) is 15.1. The number of benzene rings is 1. The van der Waals surface area contributed by atoms with Crippen molar-refractivity contribution in [3.05, 3.63) is 36.0 Å². The zero-order chi connectivity index (χ0) is 15.5. The molecule has 0 saturated carbocycles. The Kier molecular flexibility index (Phi) is 4.30. The Balaban J connectivity index is 2.35. The maximum absolute atomic E-state index is 12.2. The largest absolute Gasteiger partial charge is 0.573 e. The number of hydrogen-bond donors (Lipinski definition) is 1. The van der Waals surface area contributed by atoms with E-state index in [4.69, 9.17) is 0 Å². The number of ether oxygens (including phenoxy) is 1. The summed E-state index contributed by atoms with van der Waals surface area (Å²) in [6.45, 7) is 4.35. The molecule has 0 bridgehead atoms. The van der Waals surface area contributed by atoms with E-state index in [0.29, 0.717) is 23.8 Å². The Hall–Kier alpha value is -2.31. The van der Waals surface area contributed by atoms with Gasteiger partial charge in [0.2, 0.25) is 5.95 Å². The van der Waals surface area contributed by atoms with Crippen molar-refractivity contribution in [1.29, 1.82) is 0 Å². The van der Waals surface area contributed by atoms with Gasteiger partial charge in [-0.05, 0) is 32.0 Å². The van der Waals surface area contributed by atoms with Crippen molar-refractivity contribution in [3.8, 4) is 17.0 Å². The molecule has 0 atom stereocenters. The van der Waals surface area contributed by atoms with Crippen LogP contribution < -0.4 is 10.1 Å². The zero-order valence-electron chi connectivity index (χ0n) is 11.5. The highest BCUT2D eigenvalue weighted by Gasteiger charge is 2.31. The number of anilines is 1. The Morgan fingerprint density at radius 3 is 2.62 bits per heavy atom. The number of rotatable bonds is 4. The van der Waals surface area contributed by atoms with E-state index in [-0.39, 0.29) is 5.75 Å². The van der Waals surface area contributed by atoms with Crippen molar-refractivity contribution in [2.45, 2.75) is 20.2 Å². The molecule has 4 nitrogen and oxygen atoms in total. The van der Waals surface area contributed by atoms with E-state index in [1.165, 1.54) is 18.2 Å². The average Bonchev–Trinajstić information content (AvgIpc) is 2.36. The molecule has 112 valence electrons. The minimum atomic E-state index is -4.71. The molecule has 0 aliphatic heterocycles. The highest BCUT2D eigenvalue weighted by Crippen LogP contribution is 2.27. The van der Waals surface area contributed by atoms with Crippen molar-refractivity contribution in [1.82, 2.24) is 9.97 Å². The second-order valence-corrected chi connectivity index (χ2v) is 4.32. The lowest BCUT2D eigenvalue weighted by Crippen LogP contribution is -2.17. The zero-order valence-corrected chi connectivity index (χ0v) is 11.5. The fraction of sp³-hybridized carbons (Fsp3) is 0.286. The predicted molar refractivity (Wildman–Crippen MR) is 73.1 cm³/mol. The highest BCUT2D eigenvalue weighted by molar-refractivity contribution is 5.62. The molecule has 1 aromatic carbocycles. The maximum atomic E-state index is 12.2. The van der Waals surface area contributed by atoms with Crippen LogP contribution in [0.5, 0.6) is 5.75 Å². The number of nitrogens with zero attached hydrogens (tertiary/aromatic N) is 2. The van der Waals surface area contributed by atoms with Crippen LogP contribution >= 0.6 is 0 Å². The summed E-state index contributed by atoms with van der Waals surface area (Å²) in [5.41, 5.74) is 1.78. The van der Waals surface area contributed by atoms with Gasteiger partial charge >= 0.3 is 6.36 Å². The normalized spacial score (nSPS) is 11.3. The van der Waals surface area contributed by atoms with Crippen LogP contribution in [0.3, 0.4) is 0 Å². The predicted octanol–water partition coefficient (Wildman–Crippen LogP) is 3.78. The Morgan fingerprint density at radius 1 is 1.19 bits per heavy atom. The first-order valence-corrected chi connectivity index (χ1v) is 6.33. The molecule has 0 spiro atoms. The molecular weight excluding hydrogens is 283 g/mol. The van der Waals surface area contributed by atoms with Crippen LogP contribution in [0.15, 0.2) is 30.3 Å². The molecule has 0 fully saturated rings. The lowest BCUT2D eigenvalue weighted by atomic mass is 10.1. The number of nitrogens with one attached hydrogen (secondary N) is 1. The third kappa shape index (κ3) is 4.34. The van der Waals surface area contributed by atoms with Crippen molar-refractivity contribution >= 4 is 5.95 Å². The number of aryl methyl sites for hydroxylation is 1. The van der Waals surface area contributed by atoms with Crippen LogP contribution in [0.25, 0.3) is 11.3 Å². The molecule has 21 heavy (non-hydrogen) atoms. The van der Waals surface area contributed by atoms with Crippen LogP contribution in [0.4, 0.5) is 19.1 Å². The van der Waals surface area contributed by atoms with Crippen LogP contribution in [0, 0.1) is 6.92 Å². The van der Waals surface area contributed by atoms with Gasteiger partial charge in [-0.2, -0.15) is 0 Å². The highest BCUT2D eigenvalue weighted by atomic mass is 19.4. The minimum absolute atomic E-state index is 0.277. The average molecular weight is 297 g/mol. The van der Waals surface area contributed by atoms with Gasteiger partial charge in [-0.3, -0.25) is 0 Å². The van der Waals surface area contributed by atoms with E-state index in [0.717, 1.165) is 5.69 Å². The van der Waals surface area contributed by atoms with Crippen LogP contribution in [-0.2, 0) is 0 Å². The molecular formula is C14H14F3N3O. The summed E-state index contributed by atoms with van der Waals surface area (Å²) >= 11 is 0. The fourth-order valence-electron chi connectivity index (χ4n) is 1.81. The summed E-state index contributed by atoms with van der Waals surface area (Å²) in [6, 6.07) is 7.40. The summed E-state index contributed by atoms with van der Waals surface area (Å²) in [5.74, 6) is 0.163. The van der Waals surface area contributed by atoms with Gasteiger partial charge in [-0.1, -0.05) is 12.1 Å². The maximum Gasteiger partial charge on any atom is 0.573 e. The molecule has 1 heterocycles. The Morgan fingerprint density at radius 2 is 1.95 bits per heavy atom. The fourth-order valence-corrected chi connectivity index (χ4v) is 1.81. The van der Waals surface area contributed by atoms with E-state index in [9.17, 15) is 13.2 Å². The summed E-state index contributed by atoms with van der Waals surface area (Å²) in [4.78, 5) is 8.47. The second-order valence-electron chi connectivity index (χ2n) is 4.32. The Labute approximate surface area is 120 Å². The number of halogens is 3. The van der Waals surface area contributed by atoms with E-state index in [2.05, 4.69) is 20.0 Å². The van der Waals surface area contributed by atoms with E-state index >= 15 is 0 Å². The van der Waals surface area contributed by atoms with Crippen LogP contribution in [0.2, 0.25) is 0 Å². The molecule has 0 amide bonds. The molecule has 0 aliphatic rings. The Bertz CT molecular complexity index is 629. The molecule has 0 saturated heterocycles. The quantitative estimate of drug-likeness (QED) is 0.933. The van der Waals surface area contributed by atoms with Gasteiger partial charge in [0, 0.05) is 17.8 Å². The van der Waals surface area contributed by atoms with Gasteiger partial charge < -0.3 is 10.1 Å². The smallest absolute Gasteiger partial charge is 0.406 e. The number of aromatic nitrogens is 2. The second kappa shape index (κ2) is 5.99. The van der Waals surface area contributed by atoms with Crippen molar-refractivity contribution in [2.75, 3.05) is 11.9 Å². The third-order valence-electron chi connectivity index (χ3n) is 2.55. The van der Waals surface area contributed by atoms with Crippen molar-refractivity contribution in [3.63, 3.8) is 0 Å². The van der Waals surface area contributed by atoms with Crippen molar-refractivity contribution < 1.29 is 17.9 Å². The lowest BCUT2D eigenvalue weighted by Gasteiger charge is -2.11. The van der Waals surface area contributed by atoms with E-state index < -0.39 is 6.36 Å². The SMILES string of the molecule is CCNc1nc(C)cc(-c2cccc(OC(F)(F)F)c2)n1. The van der Waals surface area contributed by atoms with Crippen LogP contribution in [0.1, 0.15) is 12.6 Å². The first-order chi connectivity index (χ1) is 9.87. The first-order valence-electron chi connectivity index (χ1n) is 6.33. The van der Waals surface area contributed by atoms with Crippen LogP contribution in [-0.4, -0.2) is 22.9 Å². The topological polar surface area (TPSA) is 47.0 Å². The molecule has 2 rings (SSSR count). The number of hydrogen-bond acceptors (Lipinski definition) is 4. The summed E-state index contributed by atoms with van der Waals surface area (Å²) in [6.07, 6.45) is -4.71. The van der Waals surface area contributed by atoms with Gasteiger partial charge in [-0.25, -0.2) is 9.97 Å². The molecule has 1 N–H and O–H groups in total. The third-order valence-corrected chi connectivity index (χ3v) is 2.55. The summed E-state index contributed by atoms with van der Waals surface area (Å²) < 4.78 is 40.7. The van der Waals surface area contributed by atoms with Gasteiger partial charge in [0.1, 0.15) is 5.75 Å². The molecule has 0 radical (unpaired) electrons. The standard InChI is InChI=1S/C14H14F3N3O/c1-3-18-13-19-9(2)7-12(20-13)10-5-4-6-11(8-10)21-14(15,16)17/h4-8H,3H2,1-2H3,(H,18,19,20). The van der Waals surface area contributed by atoms with Gasteiger partial charge in [0.05, 0.1) is 5.69 Å². The molecule has 2 aromatic rings. The molecule has 0 aliphatic carbocycles. The van der Waals surface area contributed by atoms with E-state index in [1.54, 1.807) is 19.1 Å². The molecule has 1 aromatic heterocycles. The minimum Gasteiger partial charge on any atom is -0.406 e. The summed E-state index contributed by atoms with van der Waals surface area (Å²) in [5, 5.41) is 2.98. The van der Waals surface area contributed by atoms with Crippen molar-refractivity contribution in [2.24, 2.45) is 0 Å². The number of alkyl halides is 3.